The van der Waals surface area contributed by atoms with E-state index < -0.39 is 11.4 Å². The molecule has 0 fully saturated rings. The van der Waals surface area contributed by atoms with Gasteiger partial charge in [0, 0.05) is 43.9 Å². The third-order valence-electron chi connectivity index (χ3n) is 8.85. The fourth-order valence-corrected chi connectivity index (χ4v) is 6.25. The number of pyridine rings is 3. The molecule has 0 aliphatic carbocycles. The number of benzene rings is 3. The van der Waals surface area contributed by atoms with Gasteiger partial charge in [-0.2, -0.15) is 17.7 Å². The molecule has 249 valence electrons. The molecule has 7 heteroatoms. The predicted molar refractivity (Wildman–Crippen MR) is 191 cm³/mol. The van der Waals surface area contributed by atoms with Crippen molar-refractivity contribution in [3.05, 3.63) is 173 Å². The summed E-state index contributed by atoms with van der Waals surface area (Å²) in [7, 11) is 2.17. The van der Waals surface area contributed by atoms with Crippen molar-refractivity contribution in [3.63, 3.8) is 0 Å². The fraction of sp³-hybridized carbons (Fsp3) is 0.190. The maximum absolute atomic E-state index is 10.1. The summed E-state index contributed by atoms with van der Waals surface area (Å²) in [4.78, 5) is 26.4. The van der Waals surface area contributed by atoms with Gasteiger partial charge >= 0.3 is 5.97 Å². The molecule has 1 radical (unpaired) electrons. The minimum absolute atomic E-state index is 0. The largest absolute Gasteiger partial charge is 0.477 e. The van der Waals surface area contributed by atoms with E-state index in [2.05, 4.69) is 123 Å². The monoisotopic (exact) mass is 823 g/mol. The molecular weight excluding hydrogens is 785 g/mol. The van der Waals surface area contributed by atoms with Crippen LogP contribution >= 0.6 is 0 Å². The Morgan fingerprint density at radius 2 is 1.45 bits per heavy atom. The second-order valence-electron chi connectivity index (χ2n) is 12.5. The SMILES string of the molecule is CC(C)c1c[c-]c2c(c1)N(C)c1cc(C(C)C)ccc1[C@]2(c1ccccn1)c1cccc(-c2[c-]cccc2)n1.O=C(O)c1ccccn1.[Ir]. The van der Waals surface area contributed by atoms with Gasteiger partial charge in [-0.25, -0.2) is 9.78 Å². The molecule has 0 spiro atoms. The number of aromatic nitrogens is 3. The summed E-state index contributed by atoms with van der Waals surface area (Å²) >= 11 is 0. The molecule has 1 aliphatic heterocycles. The third-order valence-corrected chi connectivity index (χ3v) is 8.85. The number of carbonyl (C=O) groups is 1. The van der Waals surface area contributed by atoms with Gasteiger partial charge in [0.1, 0.15) is 5.69 Å². The molecule has 7 rings (SSSR count). The van der Waals surface area contributed by atoms with Gasteiger partial charge in [-0.05, 0) is 66.2 Å². The average Bonchev–Trinajstić information content (AvgIpc) is 3.13. The van der Waals surface area contributed by atoms with E-state index in [1.54, 1.807) is 12.1 Å². The minimum Gasteiger partial charge on any atom is -0.477 e. The number of anilines is 2. The molecule has 0 saturated heterocycles. The van der Waals surface area contributed by atoms with E-state index >= 15 is 0 Å². The topological polar surface area (TPSA) is 79.2 Å². The number of carboxylic acids is 1. The zero-order valence-electron chi connectivity index (χ0n) is 28.2. The van der Waals surface area contributed by atoms with Crippen molar-refractivity contribution in [2.75, 3.05) is 11.9 Å². The quantitative estimate of drug-likeness (QED) is 0.169. The number of fused-ring (bicyclic) bond motifs is 2. The molecular formula is C42H38IrN4O2-2. The van der Waals surface area contributed by atoms with Crippen molar-refractivity contribution in [1.82, 2.24) is 15.0 Å². The molecule has 3 aromatic carbocycles. The van der Waals surface area contributed by atoms with Crippen LogP contribution in [0.2, 0.25) is 0 Å². The first-order valence-corrected chi connectivity index (χ1v) is 16.2. The summed E-state index contributed by atoms with van der Waals surface area (Å²) in [5, 5.41) is 8.32. The van der Waals surface area contributed by atoms with E-state index in [0.29, 0.717) is 11.8 Å². The zero-order valence-corrected chi connectivity index (χ0v) is 30.6. The van der Waals surface area contributed by atoms with E-state index in [1.165, 1.54) is 29.1 Å². The number of carboxylic acid groups (broad SMARTS) is 1. The molecule has 49 heavy (non-hydrogen) atoms. The number of aromatic carboxylic acids is 1. The Kier molecular flexibility index (Phi) is 10.9. The van der Waals surface area contributed by atoms with Gasteiger partial charge in [-0.15, -0.1) is 47.5 Å². The minimum atomic E-state index is -0.990. The predicted octanol–water partition coefficient (Wildman–Crippen LogP) is 9.23. The number of nitrogens with zero attached hydrogens (tertiary/aromatic N) is 4. The smallest absolute Gasteiger partial charge is 0.354 e. The molecule has 1 N–H and O–H groups in total. The number of hydrogen-bond acceptors (Lipinski definition) is 5. The van der Waals surface area contributed by atoms with E-state index in [0.717, 1.165) is 39.5 Å². The maximum Gasteiger partial charge on any atom is 0.354 e. The van der Waals surface area contributed by atoms with Crippen molar-refractivity contribution in [2.24, 2.45) is 0 Å². The summed E-state index contributed by atoms with van der Waals surface area (Å²) in [6, 6.07) is 43.7. The molecule has 6 aromatic rings. The van der Waals surface area contributed by atoms with Crippen LogP contribution in [0.4, 0.5) is 11.4 Å². The first-order valence-electron chi connectivity index (χ1n) is 16.2. The molecule has 0 bridgehead atoms. The normalized spacial score (nSPS) is 14.6. The molecule has 0 amide bonds. The standard InChI is InChI=1S/C36H33N3.C6H5NO2.Ir/c1-24(2)27-17-19-29-32(22-27)39(5)33-23-28(25(3)4)18-20-30(33)36(29,34-15-9-10-21-37-34)35-16-11-14-31(38-35)26-12-7-6-8-13-26;8-6(9)5-3-1-2-4-7-5;/h6-12,14-19,21-25H,1-5H3;1-4H,(H,8,9);/q-2;;/t36-;;/m0../s1. The molecule has 6 nitrogen and oxygen atoms in total. The van der Waals surface area contributed by atoms with Crippen LogP contribution in [0.25, 0.3) is 11.3 Å². The van der Waals surface area contributed by atoms with Crippen LogP contribution in [0.15, 0.2) is 122 Å². The Bertz CT molecular complexity index is 1970. The molecule has 3 aromatic heterocycles. The third kappa shape index (κ3) is 6.82. The van der Waals surface area contributed by atoms with Crippen LogP contribution in [0.5, 0.6) is 0 Å². The van der Waals surface area contributed by atoms with Crippen molar-refractivity contribution < 1.29 is 30.0 Å². The Hall–Kier alpha value is -4.97. The molecule has 4 heterocycles. The van der Waals surface area contributed by atoms with Crippen LogP contribution in [-0.4, -0.2) is 33.1 Å². The Morgan fingerprint density at radius 1 is 0.755 bits per heavy atom. The zero-order chi connectivity index (χ0) is 33.8. The van der Waals surface area contributed by atoms with Gasteiger partial charge in [0.15, 0.2) is 0 Å². The Balaban J connectivity index is 0.000000409. The Labute approximate surface area is 302 Å². The van der Waals surface area contributed by atoms with Crippen molar-refractivity contribution in [1.29, 1.82) is 0 Å². The maximum atomic E-state index is 10.1. The fourth-order valence-electron chi connectivity index (χ4n) is 6.25. The van der Waals surface area contributed by atoms with Gasteiger partial charge in [-0.3, -0.25) is 9.97 Å². The average molecular weight is 823 g/mol. The van der Waals surface area contributed by atoms with Crippen molar-refractivity contribution >= 4 is 17.3 Å². The Morgan fingerprint density at radius 3 is 2.06 bits per heavy atom. The van der Waals surface area contributed by atoms with Gasteiger partial charge < -0.3 is 10.0 Å². The number of hydrogen-bond donors (Lipinski definition) is 1. The summed E-state index contributed by atoms with van der Waals surface area (Å²) in [6.07, 6.45) is 3.33. The van der Waals surface area contributed by atoms with Crippen LogP contribution in [-0.2, 0) is 25.5 Å². The van der Waals surface area contributed by atoms with Crippen LogP contribution in [0.3, 0.4) is 0 Å². The van der Waals surface area contributed by atoms with E-state index in [1.807, 2.05) is 30.5 Å². The van der Waals surface area contributed by atoms with Gasteiger partial charge in [0.25, 0.3) is 0 Å². The molecule has 0 unspecified atom stereocenters. The summed E-state index contributed by atoms with van der Waals surface area (Å²) in [5.74, 6) is -0.184. The van der Waals surface area contributed by atoms with E-state index in [-0.39, 0.29) is 25.8 Å². The van der Waals surface area contributed by atoms with Gasteiger partial charge in [0.05, 0.1) is 11.1 Å². The van der Waals surface area contributed by atoms with Crippen molar-refractivity contribution in [3.8, 4) is 11.3 Å². The summed E-state index contributed by atoms with van der Waals surface area (Å²) in [6.45, 7) is 8.96. The van der Waals surface area contributed by atoms with E-state index in [9.17, 15) is 4.79 Å². The first kappa shape index (κ1) is 35.3. The summed E-state index contributed by atoms with van der Waals surface area (Å²) < 4.78 is 0. The second kappa shape index (κ2) is 15.1. The van der Waals surface area contributed by atoms with Crippen LogP contribution in [0, 0.1) is 12.1 Å². The van der Waals surface area contributed by atoms with E-state index in [4.69, 9.17) is 15.1 Å². The van der Waals surface area contributed by atoms with Gasteiger partial charge in [-0.1, -0.05) is 75.7 Å². The number of rotatable bonds is 6. The first-order chi connectivity index (χ1) is 23.2. The summed E-state index contributed by atoms with van der Waals surface area (Å²) in [5.41, 5.74) is 10.2. The van der Waals surface area contributed by atoms with Gasteiger partial charge in [0.2, 0.25) is 0 Å². The van der Waals surface area contributed by atoms with Crippen LogP contribution < -0.4 is 4.90 Å². The van der Waals surface area contributed by atoms with Crippen molar-refractivity contribution in [2.45, 2.75) is 44.9 Å². The molecule has 1 aliphatic rings. The molecule has 0 saturated carbocycles. The second-order valence-corrected chi connectivity index (χ2v) is 12.5. The molecule has 1 atom stereocenters. The van der Waals surface area contributed by atoms with Crippen LogP contribution in [0.1, 0.15) is 83.7 Å².